The van der Waals surface area contributed by atoms with Gasteiger partial charge >= 0.3 is 0 Å². The van der Waals surface area contributed by atoms with Crippen LogP contribution in [-0.2, 0) is 0 Å². The Bertz CT molecular complexity index is 2010. The number of imidazole rings is 2. The van der Waals surface area contributed by atoms with Crippen LogP contribution in [0.1, 0.15) is 20.7 Å². The standard InChI is InChI=1S/C34H26N8O2/c35-23-9-5-19(6-10-23)31-39-27-15-13-25(17-29(27)41-31)37-33(43)21-1-2-22(4-3-21)34(44)38-26-14-16-28-30(18-26)42-32(40-28)20-7-11-24(36)12-8-20/h1-18H,35-36H2,(H,37,43)(H,38,44)(H,39,41)(H,40,42). The third-order valence-corrected chi connectivity index (χ3v) is 7.26. The lowest BCUT2D eigenvalue weighted by molar-refractivity contribution is 0.101. The maximum Gasteiger partial charge on any atom is 0.255 e. The fourth-order valence-electron chi connectivity index (χ4n) is 4.90. The number of carbonyl (C=O) groups excluding carboxylic acids is 2. The maximum atomic E-state index is 13.0. The molecule has 7 rings (SSSR count). The molecule has 0 aliphatic heterocycles. The van der Waals surface area contributed by atoms with Crippen LogP contribution in [0.5, 0.6) is 0 Å². The van der Waals surface area contributed by atoms with Crippen molar-refractivity contribution in [1.82, 2.24) is 19.9 Å². The van der Waals surface area contributed by atoms with E-state index in [0.29, 0.717) is 45.5 Å². The van der Waals surface area contributed by atoms with Crippen molar-refractivity contribution in [2.24, 2.45) is 0 Å². The van der Waals surface area contributed by atoms with Gasteiger partial charge in [0.25, 0.3) is 11.8 Å². The highest BCUT2D eigenvalue weighted by atomic mass is 16.2. The van der Waals surface area contributed by atoms with E-state index in [4.69, 9.17) is 11.5 Å². The highest BCUT2D eigenvalue weighted by Gasteiger charge is 2.13. The number of amides is 2. The lowest BCUT2D eigenvalue weighted by atomic mass is 10.1. The molecule has 10 heteroatoms. The van der Waals surface area contributed by atoms with E-state index >= 15 is 0 Å². The van der Waals surface area contributed by atoms with Crippen molar-refractivity contribution in [3.05, 3.63) is 120 Å². The minimum absolute atomic E-state index is 0.300. The molecular weight excluding hydrogens is 552 g/mol. The van der Waals surface area contributed by atoms with Crippen molar-refractivity contribution in [3.63, 3.8) is 0 Å². The Kier molecular flexibility index (Phi) is 6.48. The average molecular weight is 579 g/mol. The van der Waals surface area contributed by atoms with Crippen LogP contribution in [0.15, 0.2) is 109 Å². The summed E-state index contributed by atoms with van der Waals surface area (Å²) in [6.45, 7) is 0. The molecule has 44 heavy (non-hydrogen) atoms. The zero-order valence-corrected chi connectivity index (χ0v) is 23.3. The lowest BCUT2D eigenvalue weighted by Gasteiger charge is -2.08. The molecule has 214 valence electrons. The first kappa shape index (κ1) is 26.5. The van der Waals surface area contributed by atoms with Gasteiger partial charge < -0.3 is 32.1 Å². The molecule has 0 saturated carbocycles. The van der Waals surface area contributed by atoms with Gasteiger partial charge in [-0.15, -0.1) is 0 Å². The summed E-state index contributed by atoms with van der Waals surface area (Å²) >= 11 is 0. The summed E-state index contributed by atoms with van der Waals surface area (Å²) < 4.78 is 0. The van der Waals surface area contributed by atoms with Gasteiger partial charge in [-0.3, -0.25) is 9.59 Å². The van der Waals surface area contributed by atoms with Gasteiger partial charge in [-0.25, -0.2) is 9.97 Å². The molecule has 2 heterocycles. The summed E-state index contributed by atoms with van der Waals surface area (Å²) in [5.41, 5.74) is 19.9. The van der Waals surface area contributed by atoms with Gasteiger partial charge in [-0.2, -0.15) is 0 Å². The number of aromatic nitrogens is 4. The lowest BCUT2D eigenvalue weighted by Crippen LogP contribution is -2.14. The first-order valence-corrected chi connectivity index (χ1v) is 13.8. The van der Waals surface area contributed by atoms with E-state index in [0.717, 1.165) is 33.2 Å². The Morgan fingerprint density at radius 1 is 0.523 bits per heavy atom. The number of rotatable bonds is 6. The largest absolute Gasteiger partial charge is 0.399 e. The molecular formula is C34H26N8O2. The molecule has 5 aromatic carbocycles. The van der Waals surface area contributed by atoms with E-state index in [-0.39, 0.29) is 11.8 Å². The van der Waals surface area contributed by atoms with Crippen LogP contribution in [0.2, 0.25) is 0 Å². The molecule has 0 radical (unpaired) electrons. The molecule has 8 N–H and O–H groups in total. The number of nitrogens with two attached hydrogens (primary N) is 2. The fraction of sp³-hybridized carbons (Fsp3) is 0. The molecule has 0 aliphatic rings. The van der Waals surface area contributed by atoms with Crippen LogP contribution in [0, 0.1) is 0 Å². The molecule has 0 saturated heterocycles. The summed E-state index contributed by atoms with van der Waals surface area (Å²) in [7, 11) is 0. The van der Waals surface area contributed by atoms with Gasteiger partial charge in [0.05, 0.1) is 22.1 Å². The Hall–Kier alpha value is -6.42. The van der Waals surface area contributed by atoms with Crippen LogP contribution in [0.3, 0.4) is 0 Å². The van der Waals surface area contributed by atoms with Crippen LogP contribution >= 0.6 is 0 Å². The number of benzene rings is 5. The maximum absolute atomic E-state index is 13.0. The van der Waals surface area contributed by atoms with Gasteiger partial charge in [0.2, 0.25) is 0 Å². The van der Waals surface area contributed by atoms with Crippen molar-refractivity contribution < 1.29 is 9.59 Å². The van der Waals surface area contributed by atoms with Crippen molar-refractivity contribution in [1.29, 1.82) is 0 Å². The number of nitrogens with zero attached hydrogens (tertiary/aromatic N) is 2. The third-order valence-electron chi connectivity index (χ3n) is 7.26. The van der Waals surface area contributed by atoms with Crippen molar-refractivity contribution >= 4 is 56.6 Å². The van der Waals surface area contributed by atoms with Crippen LogP contribution in [-0.4, -0.2) is 31.8 Å². The summed E-state index contributed by atoms with van der Waals surface area (Å²) in [6.07, 6.45) is 0. The van der Waals surface area contributed by atoms with Crippen LogP contribution in [0.4, 0.5) is 22.7 Å². The Balaban J connectivity index is 1.01. The zero-order valence-electron chi connectivity index (χ0n) is 23.3. The average Bonchev–Trinajstić information content (AvgIpc) is 3.66. The molecule has 7 aromatic rings. The predicted molar refractivity (Wildman–Crippen MR) is 174 cm³/mol. The number of fused-ring (bicyclic) bond motifs is 2. The molecule has 2 aromatic heterocycles. The molecule has 0 unspecified atom stereocenters. The number of hydrogen-bond acceptors (Lipinski definition) is 6. The van der Waals surface area contributed by atoms with Gasteiger partial charge in [-0.1, -0.05) is 0 Å². The quantitative estimate of drug-likeness (QED) is 0.124. The first-order chi connectivity index (χ1) is 21.4. The number of anilines is 4. The molecule has 0 fully saturated rings. The second kappa shape index (κ2) is 10.8. The van der Waals surface area contributed by atoms with Crippen LogP contribution < -0.4 is 22.1 Å². The SMILES string of the molecule is Nc1ccc(-c2nc3cc(NC(=O)c4ccc(C(=O)Nc5ccc6[nH]c(-c7ccc(N)cc7)nc6c5)cc4)ccc3[nH]2)cc1. The van der Waals surface area contributed by atoms with Crippen molar-refractivity contribution in [3.8, 4) is 22.8 Å². The molecule has 0 spiro atoms. The Morgan fingerprint density at radius 2 is 0.909 bits per heavy atom. The first-order valence-electron chi connectivity index (χ1n) is 13.8. The van der Waals surface area contributed by atoms with Crippen LogP contribution in [0.25, 0.3) is 44.8 Å². The summed E-state index contributed by atoms with van der Waals surface area (Å²) in [4.78, 5) is 41.8. The van der Waals surface area contributed by atoms with Crippen molar-refractivity contribution in [2.75, 3.05) is 22.1 Å². The second-order valence-corrected chi connectivity index (χ2v) is 10.4. The van der Waals surface area contributed by atoms with E-state index in [1.807, 2.05) is 72.8 Å². The molecule has 0 aliphatic carbocycles. The molecule has 0 bridgehead atoms. The third kappa shape index (κ3) is 5.30. The number of H-pyrrole nitrogens is 2. The normalized spacial score (nSPS) is 11.1. The summed E-state index contributed by atoms with van der Waals surface area (Å²) in [6, 6.07) is 32.3. The van der Waals surface area contributed by atoms with E-state index in [1.54, 1.807) is 36.4 Å². The number of nitrogen functional groups attached to an aromatic ring is 2. The predicted octanol–water partition coefficient (Wildman–Crippen LogP) is 6.44. The minimum Gasteiger partial charge on any atom is -0.399 e. The second-order valence-electron chi connectivity index (χ2n) is 10.4. The van der Waals surface area contributed by atoms with Gasteiger partial charge in [-0.05, 0) is 109 Å². The van der Waals surface area contributed by atoms with E-state index in [9.17, 15) is 9.59 Å². The zero-order chi connectivity index (χ0) is 30.2. The topological polar surface area (TPSA) is 168 Å². The minimum atomic E-state index is -0.300. The Labute approximate surface area is 251 Å². The number of carbonyl (C=O) groups is 2. The van der Waals surface area contributed by atoms with Crippen molar-refractivity contribution in [2.45, 2.75) is 0 Å². The summed E-state index contributed by atoms with van der Waals surface area (Å²) in [5.74, 6) is 0.826. The highest BCUT2D eigenvalue weighted by Crippen LogP contribution is 2.25. The van der Waals surface area contributed by atoms with Gasteiger partial charge in [0, 0.05) is 45.0 Å². The molecule has 0 atom stereocenters. The number of aromatic amines is 2. The summed E-state index contributed by atoms with van der Waals surface area (Å²) in [5, 5.41) is 5.81. The number of nitrogens with one attached hydrogen (secondary N) is 4. The molecule has 2 amide bonds. The van der Waals surface area contributed by atoms with E-state index in [1.165, 1.54) is 0 Å². The Morgan fingerprint density at radius 3 is 1.30 bits per heavy atom. The fourth-order valence-corrected chi connectivity index (χ4v) is 4.90. The smallest absolute Gasteiger partial charge is 0.255 e. The van der Waals surface area contributed by atoms with E-state index in [2.05, 4.69) is 30.6 Å². The highest BCUT2D eigenvalue weighted by molar-refractivity contribution is 6.08. The van der Waals surface area contributed by atoms with Gasteiger partial charge in [0.1, 0.15) is 11.6 Å². The monoisotopic (exact) mass is 578 g/mol. The van der Waals surface area contributed by atoms with E-state index < -0.39 is 0 Å². The molecule has 10 nitrogen and oxygen atoms in total. The van der Waals surface area contributed by atoms with Gasteiger partial charge in [0.15, 0.2) is 0 Å². The number of hydrogen-bond donors (Lipinski definition) is 6.